The Morgan fingerprint density at radius 3 is 2.83 bits per heavy atom. The monoisotopic (exact) mass is 264 g/mol. The average Bonchev–Trinajstić information content (AvgIpc) is 2.73. The van der Waals surface area contributed by atoms with Gasteiger partial charge in [0, 0.05) is 29.8 Å². The number of hydrogen-bond donors (Lipinski definition) is 1. The van der Waals surface area contributed by atoms with E-state index in [0.29, 0.717) is 6.54 Å². The molecule has 0 aliphatic carbocycles. The Hall–Kier alpha value is -0.970. The van der Waals surface area contributed by atoms with E-state index < -0.39 is 0 Å². The molecule has 1 aromatic carbocycles. The zero-order valence-electron chi connectivity index (χ0n) is 11.0. The van der Waals surface area contributed by atoms with Crippen LogP contribution in [0.2, 0.25) is 0 Å². The summed E-state index contributed by atoms with van der Waals surface area (Å²) >= 11 is 1.86. The highest BCUT2D eigenvalue weighted by atomic mass is 32.2. The molecule has 0 bridgehead atoms. The quantitative estimate of drug-likeness (QED) is 0.871. The standard InChI is InChI=1S/C14H20N2OS/c1-16(7-8-18-2)10-14-12(9-15)11-5-3-4-6-13(11)17-14/h3-6H,7-10,15H2,1-2H3. The first-order valence-corrected chi connectivity index (χ1v) is 7.52. The molecule has 98 valence electrons. The normalized spacial score (nSPS) is 11.6. The maximum absolute atomic E-state index is 5.91. The van der Waals surface area contributed by atoms with Gasteiger partial charge in [-0.2, -0.15) is 11.8 Å². The summed E-state index contributed by atoms with van der Waals surface area (Å²) in [4.78, 5) is 2.27. The van der Waals surface area contributed by atoms with Crippen LogP contribution in [0.15, 0.2) is 28.7 Å². The molecule has 0 aliphatic rings. The van der Waals surface area contributed by atoms with Gasteiger partial charge in [0.2, 0.25) is 0 Å². The molecule has 0 spiro atoms. The van der Waals surface area contributed by atoms with Crippen molar-refractivity contribution in [3.63, 3.8) is 0 Å². The van der Waals surface area contributed by atoms with Crippen molar-refractivity contribution in [1.29, 1.82) is 0 Å². The van der Waals surface area contributed by atoms with Gasteiger partial charge in [-0.25, -0.2) is 0 Å². The van der Waals surface area contributed by atoms with E-state index in [1.807, 2.05) is 30.0 Å². The van der Waals surface area contributed by atoms with Gasteiger partial charge in [-0.3, -0.25) is 4.90 Å². The third-order valence-electron chi connectivity index (χ3n) is 3.08. The van der Waals surface area contributed by atoms with Crippen molar-refractivity contribution < 1.29 is 4.42 Å². The lowest BCUT2D eigenvalue weighted by molar-refractivity contribution is 0.314. The van der Waals surface area contributed by atoms with Crippen molar-refractivity contribution >= 4 is 22.7 Å². The summed E-state index contributed by atoms with van der Waals surface area (Å²) in [7, 11) is 2.11. The first kappa shape index (κ1) is 13.5. The molecule has 18 heavy (non-hydrogen) atoms. The predicted molar refractivity (Wildman–Crippen MR) is 78.8 cm³/mol. The van der Waals surface area contributed by atoms with E-state index in [9.17, 15) is 0 Å². The first-order chi connectivity index (χ1) is 8.76. The van der Waals surface area contributed by atoms with Crippen molar-refractivity contribution in [2.45, 2.75) is 13.1 Å². The van der Waals surface area contributed by atoms with E-state index in [1.54, 1.807) is 0 Å². The number of nitrogens with two attached hydrogens (primary N) is 1. The number of furan rings is 1. The molecule has 0 radical (unpaired) electrons. The van der Waals surface area contributed by atoms with E-state index in [2.05, 4.69) is 24.3 Å². The highest BCUT2D eigenvalue weighted by molar-refractivity contribution is 7.98. The van der Waals surface area contributed by atoms with Crippen LogP contribution in [-0.4, -0.2) is 30.5 Å². The fourth-order valence-electron chi connectivity index (χ4n) is 2.07. The molecule has 0 fully saturated rings. The number of fused-ring (bicyclic) bond motifs is 1. The second-order valence-corrected chi connectivity index (χ2v) is 5.42. The third-order valence-corrected chi connectivity index (χ3v) is 3.67. The highest BCUT2D eigenvalue weighted by Gasteiger charge is 2.13. The molecule has 0 saturated heterocycles. The fourth-order valence-corrected chi connectivity index (χ4v) is 2.57. The third kappa shape index (κ3) is 2.88. The SMILES string of the molecule is CSCCN(C)Cc1oc2ccccc2c1CN. The molecule has 1 aromatic heterocycles. The Labute approximate surface area is 112 Å². The molecule has 2 N–H and O–H groups in total. The minimum Gasteiger partial charge on any atom is -0.459 e. The van der Waals surface area contributed by atoms with Gasteiger partial charge in [-0.15, -0.1) is 0 Å². The van der Waals surface area contributed by atoms with Gasteiger partial charge >= 0.3 is 0 Å². The van der Waals surface area contributed by atoms with Crippen molar-refractivity contribution in [3.05, 3.63) is 35.6 Å². The summed E-state index contributed by atoms with van der Waals surface area (Å²) in [5.41, 5.74) is 7.93. The van der Waals surface area contributed by atoms with Crippen LogP contribution in [0.3, 0.4) is 0 Å². The summed E-state index contributed by atoms with van der Waals surface area (Å²) in [5.74, 6) is 2.14. The fraction of sp³-hybridized carbons (Fsp3) is 0.429. The van der Waals surface area contributed by atoms with Gasteiger partial charge in [-0.1, -0.05) is 18.2 Å². The molecular formula is C14H20N2OS. The van der Waals surface area contributed by atoms with E-state index >= 15 is 0 Å². The molecule has 0 amide bonds. The van der Waals surface area contributed by atoms with E-state index in [0.717, 1.165) is 41.1 Å². The van der Waals surface area contributed by atoms with E-state index in [4.69, 9.17) is 10.2 Å². The van der Waals surface area contributed by atoms with Crippen LogP contribution < -0.4 is 5.73 Å². The Morgan fingerprint density at radius 1 is 1.33 bits per heavy atom. The molecule has 4 heteroatoms. The number of benzene rings is 1. The summed E-state index contributed by atoms with van der Waals surface area (Å²) in [6.45, 7) is 2.41. The zero-order chi connectivity index (χ0) is 13.0. The summed E-state index contributed by atoms with van der Waals surface area (Å²) in [6.07, 6.45) is 2.13. The molecule has 2 aromatic rings. The molecular weight excluding hydrogens is 244 g/mol. The second-order valence-electron chi connectivity index (χ2n) is 4.43. The Morgan fingerprint density at radius 2 is 2.11 bits per heavy atom. The maximum atomic E-state index is 5.91. The van der Waals surface area contributed by atoms with Crippen LogP contribution in [0.25, 0.3) is 11.0 Å². The average molecular weight is 264 g/mol. The molecule has 1 heterocycles. The minimum absolute atomic E-state index is 0.530. The van der Waals surface area contributed by atoms with Crippen LogP contribution >= 0.6 is 11.8 Å². The van der Waals surface area contributed by atoms with Gasteiger partial charge in [0.05, 0.1) is 6.54 Å². The predicted octanol–water partition coefficient (Wildman–Crippen LogP) is 2.69. The van der Waals surface area contributed by atoms with Gasteiger partial charge in [-0.05, 0) is 19.4 Å². The first-order valence-electron chi connectivity index (χ1n) is 6.13. The smallest absolute Gasteiger partial charge is 0.134 e. The number of para-hydroxylation sites is 1. The van der Waals surface area contributed by atoms with E-state index in [1.165, 1.54) is 0 Å². The molecule has 0 atom stereocenters. The number of thioether (sulfide) groups is 1. The largest absolute Gasteiger partial charge is 0.459 e. The summed E-state index contributed by atoms with van der Waals surface area (Å²) in [5, 5.41) is 1.15. The lowest BCUT2D eigenvalue weighted by Gasteiger charge is -2.14. The Kier molecular flexibility index (Phi) is 4.69. The van der Waals surface area contributed by atoms with Crippen molar-refractivity contribution in [1.82, 2.24) is 4.90 Å². The molecule has 0 aliphatic heterocycles. The summed E-state index contributed by atoms with van der Waals surface area (Å²) < 4.78 is 5.91. The van der Waals surface area contributed by atoms with Crippen LogP contribution in [-0.2, 0) is 13.1 Å². The lowest BCUT2D eigenvalue weighted by Crippen LogP contribution is -2.21. The van der Waals surface area contributed by atoms with Crippen LogP contribution in [0, 0.1) is 0 Å². The topological polar surface area (TPSA) is 42.4 Å². The van der Waals surface area contributed by atoms with Gasteiger partial charge in [0.25, 0.3) is 0 Å². The van der Waals surface area contributed by atoms with Gasteiger partial charge in [0.1, 0.15) is 11.3 Å². The lowest BCUT2D eigenvalue weighted by atomic mass is 10.1. The van der Waals surface area contributed by atoms with Crippen LogP contribution in [0.4, 0.5) is 0 Å². The van der Waals surface area contributed by atoms with Gasteiger partial charge < -0.3 is 10.2 Å². The van der Waals surface area contributed by atoms with Gasteiger partial charge in [0.15, 0.2) is 0 Å². The molecule has 2 rings (SSSR count). The molecule has 0 saturated carbocycles. The second kappa shape index (κ2) is 6.27. The van der Waals surface area contributed by atoms with E-state index in [-0.39, 0.29) is 0 Å². The maximum Gasteiger partial charge on any atom is 0.134 e. The Balaban J connectivity index is 2.21. The number of nitrogens with zero attached hydrogens (tertiary/aromatic N) is 1. The van der Waals surface area contributed by atoms with Crippen LogP contribution in [0.5, 0.6) is 0 Å². The summed E-state index contributed by atoms with van der Waals surface area (Å²) in [6, 6.07) is 8.10. The zero-order valence-corrected chi connectivity index (χ0v) is 11.8. The van der Waals surface area contributed by atoms with Crippen molar-refractivity contribution in [2.75, 3.05) is 25.6 Å². The molecule has 3 nitrogen and oxygen atoms in total. The number of hydrogen-bond acceptors (Lipinski definition) is 4. The Bertz CT molecular complexity index is 509. The van der Waals surface area contributed by atoms with Crippen molar-refractivity contribution in [2.24, 2.45) is 5.73 Å². The minimum atomic E-state index is 0.530. The molecule has 0 unspecified atom stereocenters. The number of rotatable bonds is 6. The highest BCUT2D eigenvalue weighted by Crippen LogP contribution is 2.26. The van der Waals surface area contributed by atoms with Crippen LogP contribution in [0.1, 0.15) is 11.3 Å². The van der Waals surface area contributed by atoms with Crippen molar-refractivity contribution in [3.8, 4) is 0 Å².